The molecular weight excluding hydrogens is 945 g/mol. The number of ether oxygens (including phenoxy) is 4. The molecule has 5 nitrogen and oxygen atoms in total. The Hall–Kier alpha value is -5.02. The van der Waals surface area contributed by atoms with Gasteiger partial charge in [-0.15, -0.1) is 21.9 Å². The summed E-state index contributed by atoms with van der Waals surface area (Å²) in [5.74, 6) is -56.1. The maximum absolute atomic E-state index is 16.1. The lowest BCUT2D eigenvalue weighted by molar-refractivity contribution is -0.806. The van der Waals surface area contributed by atoms with Gasteiger partial charge in [0, 0.05) is 37.5 Å². The number of hydrogen-bond acceptors (Lipinski definition) is 4. The maximum atomic E-state index is 16.1. The van der Waals surface area contributed by atoms with E-state index in [1.54, 1.807) is 0 Å². The summed E-state index contributed by atoms with van der Waals surface area (Å²) in [6, 6.07) is 0. The largest absolute Gasteiger partial charge is 0.491 e. The van der Waals surface area contributed by atoms with Gasteiger partial charge < -0.3 is 24.3 Å². The first-order valence-electron chi connectivity index (χ1n) is 21.5. The van der Waals surface area contributed by atoms with Crippen molar-refractivity contribution in [1.82, 2.24) is 0 Å². The minimum Gasteiger partial charge on any atom is -0.491 e. The molecule has 0 amide bonds. The molecule has 0 spiro atoms. The Kier molecular flexibility index (Phi) is 16.3. The molecule has 0 heterocycles. The lowest BCUT2D eigenvalue weighted by Gasteiger charge is -2.49. The lowest BCUT2D eigenvalue weighted by atomic mass is 9.12. The molecule has 2 aliphatic rings. The average molecular weight is 994 g/mol. The molecule has 22 heteroatoms. The van der Waals surface area contributed by atoms with Crippen LogP contribution in [0.2, 0.25) is 0 Å². The number of quaternary nitrogens is 1. The SMILES string of the molecule is CC(C)C1([NH2+]C2(C(C)C)CCCCC2)CCCCC1.COc1c(F)c(F)c([B-](c2c(F)c(F)c(OC)c(F)c2F)(c2c(F)c(F)c(OC)c(F)c2F)c2c(F)c(F)c(OC)c(F)c2F)c(F)c1F. The molecule has 6 rings (SSSR count). The highest BCUT2D eigenvalue weighted by atomic mass is 19.2. The first kappa shape index (κ1) is 53.9. The van der Waals surface area contributed by atoms with E-state index in [1.807, 2.05) is 0 Å². The molecule has 0 aromatic heterocycles. The average Bonchev–Trinajstić information content (AvgIpc) is 3.30. The van der Waals surface area contributed by atoms with Gasteiger partial charge in [0.1, 0.15) is 52.7 Å². The molecule has 68 heavy (non-hydrogen) atoms. The number of benzene rings is 4. The predicted molar refractivity (Wildman–Crippen MR) is 219 cm³/mol. The third-order valence-corrected chi connectivity index (χ3v) is 14.0. The lowest BCUT2D eigenvalue weighted by Crippen LogP contribution is -3.08. The van der Waals surface area contributed by atoms with Crippen LogP contribution < -0.4 is 46.1 Å². The Bertz CT molecular complexity index is 2130. The number of rotatable bonds is 12. The molecule has 0 bridgehead atoms. The van der Waals surface area contributed by atoms with Gasteiger partial charge in [0.25, 0.3) is 0 Å². The first-order chi connectivity index (χ1) is 31.9. The fourth-order valence-corrected chi connectivity index (χ4v) is 10.4. The van der Waals surface area contributed by atoms with Gasteiger partial charge in [-0.2, -0.15) is 35.1 Å². The zero-order valence-corrected chi connectivity index (χ0v) is 38.1. The summed E-state index contributed by atoms with van der Waals surface area (Å²) in [5.41, 5.74) is -11.5. The standard InChI is InChI=1S/C28H12BF16O4.C18H35N/c1-46-25-17(38)9(30)5(10(31)18(25)39)29(6-11(32)19(40)26(47-2)20(41)12(6)33,7-13(34)21(42)27(48-3)22(43)14(7)35)8-15(36)23(44)28(49-4)24(45)16(8)37;1-15(2)17(11-7-5-8-12-17)19-18(16(3)4)13-9-6-10-14-18/h1-4H3;15-16,19H,5-14H2,1-4H3/q-1;/p+1. The second-order valence-corrected chi connectivity index (χ2v) is 17.7. The van der Waals surface area contributed by atoms with Crippen LogP contribution in [0, 0.1) is 105 Å². The van der Waals surface area contributed by atoms with Gasteiger partial charge in [-0.1, -0.05) is 40.5 Å². The number of hydrogen-bond donors (Lipinski definition) is 1. The van der Waals surface area contributed by atoms with Crippen molar-refractivity contribution < 1.29 is 94.5 Å². The predicted octanol–water partition coefficient (Wildman–Crippen LogP) is 9.59. The quantitative estimate of drug-likeness (QED) is 0.0874. The minimum absolute atomic E-state index is 0.327. The van der Waals surface area contributed by atoms with Crippen LogP contribution in [0.15, 0.2) is 0 Å². The third kappa shape index (κ3) is 8.47. The minimum atomic E-state index is -6.80. The summed E-state index contributed by atoms with van der Waals surface area (Å²) in [6.07, 6.45) is 7.81. The molecule has 2 aliphatic carbocycles. The normalized spacial score (nSPS) is 15.9. The summed E-state index contributed by atoms with van der Waals surface area (Å²) in [6.45, 7) is 9.88. The Balaban J connectivity index is 0.000000377. The molecule has 0 atom stereocenters. The van der Waals surface area contributed by atoms with Crippen molar-refractivity contribution >= 4 is 28.0 Å². The van der Waals surface area contributed by atoms with Crippen LogP contribution in [0.3, 0.4) is 0 Å². The molecule has 0 radical (unpaired) electrons. The van der Waals surface area contributed by atoms with Crippen molar-refractivity contribution in [2.24, 2.45) is 11.8 Å². The molecule has 2 saturated carbocycles. The van der Waals surface area contributed by atoms with Crippen molar-refractivity contribution in [3.05, 3.63) is 93.1 Å². The van der Waals surface area contributed by atoms with Gasteiger partial charge in [0.2, 0.25) is 46.5 Å². The van der Waals surface area contributed by atoms with Crippen molar-refractivity contribution in [2.75, 3.05) is 28.4 Å². The van der Waals surface area contributed by atoms with Crippen LogP contribution in [-0.4, -0.2) is 45.7 Å². The van der Waals surface area contributed by atoms with E-state index in [-0.39, 0.29) is 0 Å². The van der Waals surface area contributed by atoms with Gasteiger partial charge in [0.05, 0.1) is 39.5 Å². The Morgan fingerprint density at radius 2 is 0.500 bits per heavy atom. The molecule has 4 aromatic rings. The van der Waals surface area contributed by atoms with E-state index in [0.29, 0.717) is 39.5 Å². The van der Waals surface area contributed by atoms with Gasteiger partial charge >= 0.3 is 0 Å². The van der Waals surface area contributed by atoms with Crippen LogP contribution in [0.25, 0.3) is 0 Å². The molecule has 2 fully saturated rings. The second kappa shape index (κ2) is 20.5. The highest BCUT2D eigenvalue weighted by Crippen LogP contribution is 2.39. The van der Waals surface area contributed by atoms with Crippen molar-refractivity contribution in [3.63, 3.8) is 0 Å². The first-order valence-corrected chi connectivity index (χ1v) is 21.5. The van der Waals surface area contributed by atoms with Gasteiger partial charge in [-0.3, -0.25) is 0 Å². The summed E-state index contributed by atoms with van der Waals surface area (Å²) in [5, 5.41) is 2.91. The van der Waals surface area contributed by atoms with E-state index >= 15 is 70.2 Å². The molecule has 376 valence electrons. The van der Waals surface area contributed by atoms with Gasteiger partial charge in [-0.05, 0) is 25.7 Å². The smallest absolute Gasteiger partial charge is 0.200 e. The summed E-state index contributed by atoms with van der Waals surface area (Å²) in [4.78, 5) is 0. The van der Waals surface area contributed by atoms with E-state index in [1.165, 1.54) is 64.2 Å². The monoisotopic (exact) mass is 993 g/mol. The van der Waals surface area contributed by atoms with E-state index in [0.717, 1.165) is 11.8 Å². The van der Waals surface area contributed by atoms with Crippen LogP contribution in [0.5, 0.6) is 23.0 Å². The Labute approximate surface area is 381 Å². The third-order valence-electron chi connectivity index (χ3n) is 14.0. The highest BCUT2D eigenvalue weighted by molar-refractivity contribution is 7.20. The molecule has 0 unspecified atom stereocenters. The zero-order valence-electron chi connectivity index (χ0n) is 38.1. The highest BCUT2D eigenvalue weighted by Gasteiger charge is 2.53. The topological polar surface area (TPSA) is 53.5 Å². The second-order valence-electron chi connectivity index (χ2n) is 17.7. The number of nitrogens with two attached hydrogens (primary N) is 1. The van der Waals surface area contributed by atoms with Crippen molar-refractivity contribution in [2.45, 2.75) is 103 Å². The molecular formula is C46H48BF16NO4. The molecule has 0 aliphatic heterocycles. The van der Waals surface area contributed by atoms with E-state index in [2.05, 4.69) is 52.0 Å². The van der Waals surface area contributed by atoms with Crippen LogP contribution in [-0.2, 0) is 0 Å². The summed E-state index contributed by atoms with van der Waals surface area (Å²) in [7, 11) is 1.31. The van der Waals surface area contributed by atoms with E-state index in [4.69, 9.17) is 0 Å². The van der Waals surface area contributed by atoms with Gasteiger partial charge in [0.15, 0.2) is 23.0 Å². The fourth-order valence-electron chi connectivity index (χ4n) is 10.4. The van der Waals surface area contributed by atoms with Gasteiger partial charge in [-0.25, -0.2) is 35.1 Å². The molecule has 0 saturated heterocycles. The molecule has 4 aromatic carbocycles. The zero-order chi connectivity index (χ0) is 51.1. The number of halogens is 16. The van der Waals surface area contributed by atoms with E-state index in [9.17, 15) is 0 Å². The summed E-state index contributed by atoms with van der Waals surface area (Å²) < 4.78 is 267. The number of methoxy groups -OCH3 is 4. The van der Waals surface area contributed by atoms with Crippen LogP contribution in [0.4, 0.5) is 70.2 Å². The maximum Gasteiger partial charge on any atom is 0.200 e. The summed E-state index contributed by atoms with van der Waals surface area (Å²) >= 11 is 0. The van der Waals surface area contributed by atoms with Crippen molar-refractivity contribution in [1.29, 1.82) is 0 Å². The fraction of sp³-hybridized carbons (Fsp3) is 0.478. The van der Waals surface area contributed by atoms with Crippen LogP contribution >= 0.6 is 0 Å². The van der Waals surface area contributed by atoms with Crippen LogP contribution in [0.1, 0.15) is 91.9 Å². The Morgan fingerprint density at radius 1 is 0.324 bits per heavy atom. The molecule has 2 N–H and O–H groups in total. The Morgan fingerprint density at radius 3 is 0.647 bits per heavy atom. The van der Waals surface area contributed by atoms with Crippen molar-refractivity contribution in [3.8, 4) is 23.0 Å². The van der Waals surface area contributed by atoms with E-state index < -0.39 is 144 Å².